The highest BCUT2D eigenvalue weighted by molar-refractivity contribution is 5.65. The van der Waals surface area contributed by atoms with Crippen molar-refractivity contribution in [1.82, 2.24) is 9.78 Å². The minimum atomic E-state index is 0.590. The standard InChI is InChI=1S/C12H15N3/c1-9-12(8-14-15(9)2)11-5-3-10(7-13)4-6-11/h3-6,8H,7,13H2,1-2H3. The lowest BCUT2D eigenvalue weighted by atomic mass is 10.1. The second-order valence-electron chi connectivity index (χ2n) is 3.67. The third-order valence-electron chi connectivity index (χ3n) is 2.74. The summed E-state index contributed by atoms with van der Waals surface area (Å²) in [5, 5.41) is 4.23. The third-order valence-corrected chi connectivity index (χ3v) is 2.74. The van der Waals surface area contributed by atoms with Crippen molar-refractivity contribution in [2.45, 2.75) is 13.5 Å². The molecule has 0 atom stereocenters. The molecule has 0 bridgehead atoms. The number of nitrogens with zero attached hydrogens (tertiary/aromatic N) is 2. The fourth-order valence-corrected chi connectivity index (χ4v) is 1.60. The van der Waals surface area contributed by atoms with Crippen molar-refractivity contribution >= 4 is 0 Å². The maximum absolute atomic E-state index is 5.56. The van der Waals surface area contributed by atoms with Crippen molar-refractivity contribution < 1.29 is 0 Å². The first-order valence-corrected chi connectivity index (χ1v) is 5.00. The molecule has 15 heavy (non-hydrogen) atoms. The van der Waals surface area contributed by atoms with E-state index >= 15 is 0 Å². The van der Waals surface area contributed by atoms with Crippen molar-refractivity contribution in [3.8, 4) is 11.1 Å². The second kappa shape index (κ2) is 3.87. The predicted octanol–water partition coefficient (Wildman–Crippen LogP) is 1.85. The summed E-state index contributed by atoms with van der Waals surface area (Å²) < 4.78 is 1.88. The number of benzene rings is 1. The van der Waals surface area contributed by atoms with Crippen LogP contribution < -0.4 is 5.73 Å². The average Bonchev–Trinajstić information content (AvgIpc) is 2.60. The highest BCUT2D eigenvalue weighted by atomic mass is 15.3. The van der Waals surface area contributed by atoms with E-state index in [-0.39, 0.29) is 0 Å². The Kier molecular flexibility index (Phi) is 2.56. The molecule has 78 valence electrons. The van der Waals surface area contributed by atoms with Gasteiger partial charge in [-0.15, -0.1) is 0 Å². The zero-order chi connectivity index (χ0) is 10.8. The molecule has 0 aliphatic rings. The first-order chi connectivity index (χ1) is 7.22. The van der Waals surface area contributed by atoms with Crippen LogP contribution in [0.1, 0.15) is 11.3 Å². The zero-order valence-corrected chi connectivity index (χ0v) is 9.07. The van der Waals surface area contributed by atoms with Gasteiger partial charge in [0.2, 0.25) is 0 Å². The Morgan fingerprint density at radius 3 is 2.40 bits per heavy atom. The molecular weight excluding hydrogens is 186 g/mol. The summed E-state index contributed by atoms with van der Waals surface area (Å²) in [7, 11) is 1.95. The van der Waals surface area contributed by atoms with Crippen LogP contribution >= 0.6 is 0 Å². The van der Waals surface area contributed by atoms with Gasteiger partial charge in [-0.05, 0) is 18.1 Å². The summed E-state index contributed by atoms with van der Waals surface area (Å²) in [4.78, 5) is 0. The molecule has 1 aromatic heterocycles. The minimum Gasteiger partial charge on any atom is -0.326 e. The van der Waals surface area contributed by atoms with Gasteiger partial charge in [0.25, 0.3) is 0 Å². The first kappa shape index (κ1) is 9.93. The molecule has 2 N–H and O–H groups in total. The monoisotopic (exact) mass is 201 g/mol. The Morgan fingerprint density at radius 1 is 1.27 bits per heavy atom. The van der Waals surface area contributed by atoms with Gasteiger partial charge in [-0.2, -0.15) is 5.10 Å². The number of nitrogens with two attached hydrogens (primary N) is 1. The van der Waals surface area contributed by atoms with Crippen LogP contribution in [0.15, 0.2) is 30.5 Å². The average molecular weight is 201 g/mol. The Bertz CT molecular complexity index is 454. The summed E-state index contributed by atoms with van der Waals surface area (Å²) in [5.41, 5.74) is 10.3. The number of aromatic nitrogens is 2. The number of aryl methyl sites for hydroxylation is 1. The second-order valence-corrected chi connectivity index (χ2v) is 3.67. The molecule has 3 nitrogen and oxygen atoms in total. The molecule has 2 aromatic rings. The Morgan fingerprint density at radius 2 is 1.93 bits per heavy atom. The minimum absolute atomic E-state index is 0.590. The van der Waals surface area contributed by atoms with Crippen LogP contribution in [0.3, 0.4) is 0 Å². The Hall–Kier alpha value is -1.61. The van der Waals surface area contributed by atoms with Crippen molar-refractivity contribution in [3.63, 3.8) is 0 Å². The normalized spacial score (nSPS) is 10.6. The van der Waals surface area contributed by atoms with Crippen LogP contribution in [0.2, 0.25) is 0 Å². The molecule has 1 aromatic carbocycles. The first-order valence-electron chi connectivity index (χ1n) is 5.00. The topological polar surface area (TPSA) is 43.8 Å². The van der Waals surface area contributed by atoms with Crippen LogP contribution in [-0.2, 0) is 13.6 Å². The van der Waals surface area contributed by atoms with Crippen LogP contribution in [0.4, 0.5) is 0 Å². The summed E-state index contributed by atoms with van der Waals surface area (Å²) in [5.74, 6) is 0. The van der Waals surface area contributed by atoms with Gasteiger partial charge in [-0.3, -0.25) is 4.68 Å². The van der Waals surface area contributed by atoms with Crippen molar-refractivity contribution in [2.24, 2.45) is 12.8 Å². The molecule has 0 amide bonds. The van der Waals surface area contributed by atoms with Gasteiger partial charge in [0, 0.05) is 24.8 Å². The summed E-state index contributed by atoms with van der Waals surface area (Å²) in [6, 6.07) is 8.29. The smallest absolute Gasteiger partial charge is 0.0571 e. The number of rotatable bonds is 2. The lowest BCUT2D eigenvalue weighted by molar-refractivity contribution is 0.740. The van der Waals surface area contributed by atoms with E-state index in [0.717, 1.165) is 5.56 Å². The molecule has 0 saturated carbocycles. The van der Waals surface area contributed by atoms with Gasteiger partial charge in [0.15, 0.2) is 0 Å². The lowest BCUT2D eigenvalue weighted by Gasteiger charge is -2.02. The van der Waals surface area contributed by atoms with Gasteiger partial charge in [-0.25, -0.2) is 0 Å². The van der Waals surface area contributed by atoms with E-state index in [1.807, 2.05) is 17.9 Å². The van der Waals surface area contributed by atoms with Gasteiger partial charge in [-0.1, -0.05) is 24.3 Å². The van der Waals surface area contributed by atoms with Crippen molar-refractivity contribution in [2.75, 3.05) is 0 Å². The maximum atomic E-state index is 5.56. The SMILES string of the molecule is Cc1c(-c2ccc(CN)cc2)cnn1C. The molecule has 0 unspecified atom stereocenters. The molecule has 0 aliphatic carbocycles. The van der Waals surface area contributed by atoms with E-state index in [2.05, 4.69) is 36.3 Å². The molecular formula is C12H15N3. The van der Waals surface area contributed by atoms with Crippen LogP contribution in [0.25, 0.3) is 11.1 Å². The van der Waals surface area contributed by atoms with Crippen molar-refractivity contribution in [3.05, 3.63) is 41.7 Å². The summed E-state index contributed by atoms with van der Waals surface area (Å²) in [6.07, 6.45) is 1.90. The molecule has 0 fully saturated rings. The van der Waals surface area contributed by atoms with Crippen molar-refractivity contribution in [1.29, 1.82) is 0 Å². The zero-order valence-electron chi connectivity index (χ0n) is 9.07. The largest absolute Gasteiger partial charge is 0.326 e. The molecule has 1 heterocycles. The van der Waals surface area contributed by atoms with E-state index in [1.165, 1.54) is 16.8 Å². The Balaban J connectivity index is 2.41. The third kappa shape index (κ3) is 1.78. The molecule has 3 heteroatoms. The fraction of sp³-hybridized carbons (Fsp3) is 0.250. The van der Waals surface area contributed by atoms with E-state index in [4.69, 9.17) is 5.73 Å². The molecule has 0 saturated heterocycles. The van der Waals surface area contributed by atoms with Gasteiger partial charge in [0.05, 0.1) is 6.20 Å². The van der Waals surface area contributed by atoms with E-state index < -0.39 is 0 Å². The quantitative estimate of drug-likeness (QED) is 0.806. The van der Waals surface area contributed by atoms with Gasteiger partial charge in [0.1, 0.15) is 0 Å². The highest BCUT2D eigenvalue weighted by Gasteiger charge is 2.05. The highest BCUT2D eigenvalue weighted by Crippen LogP contribution is 2.22. The molecule has 2 rings (SSSR count). The van der Waals surface area contributed by atoms with Crippen LogP contribution in [0, 0.1) is 6.92 Å². The van der Waals surface area contributed by atoms with Gasteiger partial charge >= 0.3 is 0 Å². The van der Waals surface area contributed by atoms with E-state index in [9.17, 15) is 0 Å². The number of hydrogen-bond acceptors (Lipinski definition) is 2. The molecule has 0 spiro atoms. The predicted molar refractivity (Wildman–Crippen MR) is 61.3 cm³/mol. The van der Waals surface area contributed by atoms with E-state index in [1.54, 1.807) is 0 Å². The fourth-order valence-electron chi connectivity index (χ4n) is 1.60. The summed E-state index contributed by atoms with van der Waals surface area (Å²) in [6.45, 7) is 2.66. The Labute approximate surface area is 89.5 Å². The lowest BCUT2D eigenvalue weighted by Crippen LogP contribution is -1.95. The van der Waals surface area contributed by atoms with Crippen LogP contribution in [-0.4, -0.2) is 9.78 Å². The number of hydrogen-bond donors (Lipinski definition) is 1. The molecule has 0 radical (unpaired) electrons. The van der Waals surface area contributed by atoms with Gasteiger partial charge < -0.3 is 5.73 Å². The summed E-state index contributed by atoms with van der Waals surface area (Å²) >= 11 is 0. The molecule has 0 aliphatic heterocycles. The van der Waals surface area contributed by atoms with E-state index in [0.29, 0.717) is 6.54 Å². The maximum Gasteiger partial charge on any atom is 0.0571 e. The van der Waals surface area contributed by atoms with Crippen LogP contribution in [0.5, 0.6) is 0 Å².